The van der Waals surface area contributed by atoms with Crippen LogP contribution in [-0.2, 0) is 10.3 Å². The Morgan fingerprint density at radius 1 is 0.821 bits per heavy atom. The summed E-state index contributed by atoms with van der Waals surface area (Å²) in [6, 6.07) is 10.7. The molecule has 0 aliphatic heterocycles. The van der Waals surface area contributed by atoms with E-state index in [0.29, 0.717) is 26.6 Å². The highest BCUT2D eigenvalue weighted by Crippen LogP contribution is 2.39. The van der Waals surface area contributed by atoms with Crippen LogP contribution >= 0.6 is 0 Å². The normalized spacial score (nSPS) is 12.1. The van der Waals surface area contributed by atoms with Crippen LogP contribution in [0.25, 0.3) is 0 Å². The Morgan fingerprint density at radius 2 is 1.18 bits per heavy atom. The first-order chi connectivity index (χ1) is 17.9. The van der Waals surface area contributed by atoms with Crippen molar-refractivity contribution in [3.05, 3.63) is 58.7 Å². The Balaban J connectivity index is 0.000000956. The summed E-state index contributed by atoms with van der Waals surface area (Å²) < 4.78 is 33.8. The smallest absolute Gasteiger partial charge is 0.415 e. The van der Waals surface area contributed by atoms with Gasteiger partial charge < -0.3 is 23.7 Å². The molecule has 0 bridgehead atoms. The fourth-order valence-corrected chi connectivity index (χ4v) is 5.16. The molecular weight excluding hydrogens is 516 g/mol. The molecule has 0 aliphatic rings. The second-order valence-electron chi connectivity index (χ2n) is 12.0. The van der Waals surface area contributed by atoms with E-state index < -0.39 is 16.4 Å². The van der Waals surface area contributed by atoms with Gasteiger partial charge in [-0.15, -0.1) is 0 Å². The van der Waals surface area contributed by atoms with Gasteiger partial charge in [0.1, 0.15) is 6.54 Å². The Hall–Kier alpha value is -2.62. The lowest BCUT2D eigenvalue weighted by atomic mass is 9.93. The van der Waals surface area contributed by atoms with Crippen molar-refractivity contribution in [2.45, 2.75) is 79.1 Å². The van der Waals surface area contributed by atoms with Gasteiger partial charge in [0.2, 0.25) is 0 Å². The number of amides is 1. The van der Waals surface area contributed by atoms with Gasteiger partial charge in [0, 0.05) is 0 Å². The van der Waals surface area contributed by atoms with Gasteiger partial charge >= 0.3 is 10.3 Å². The summed E-state index contributed by atoms with van der Waals surface area (Å²) in [6.07, 6.45) is -1.85. The number of rotatable bonds is 10. The molecule has 0 atom stereocenters. The number of anilines is 1. The number of hydrogen-bond donors (Lipinski definition) is 1. The van der Waals surface area contributed by atoms with Gasteiger partial charge in [0.05, 0.1) is 33.4 Å². The standard InChI is InChI=1S/C25H35NO5S.C5H14NO/c1-15(2)19-11-9-12-20(16(3)4)23(19)26(25(27)28)32(29,30)31-24-21(17(5)6)13-10-14-22(24)18(7)8;1-6(2,3)4-5-7/h9-18H,1-8H3,(H,27,28);7H,4-5H2,1-3H3/q;+1/p-1. The van der Waals surface area contributed by atoms with Crippen LogP contribution in [0.4, 0.5) is 10.5 Å². The summed E-state index contributed by atoms with van der Waals surface area (Å²) in [6.45, 7) is 16.4. The minimum Gasteiger partial charge on any atom is -0.529 e. The Morgan fingerprint density at radius 3 is 1.44 bits per heavy atom. The van der Waals surface area contributed by atoms with Crippen LogP contribution in [0.1, 0.15) is 101 Å². The van der Waals surface area contributed by atoms with Gasteiger partial charge in [-0.3, -0.25) is 0 Å². The van der Waals surface area contributed by atoms with E-state index >= 15 is 0 Å². The van der Waals surface area contributed by atoms with Gasteiger partial charge in [-0.05, 0) is 45.9 Å². The van der Waals surface area contributed by atoms with E-state index in [1.807, 2.05) is 61.5 Å². The summed E-state index contributed by atoms with van der Waals surface area (Å²) in [5, 5.41) is 20.7. The molecule has 0 saturated heterocycles. The van der Waals surface area contributed by atoms with Crippen molar-refractivity contribution in [1.29, 1.82) is 0 Å². The molecule has 0 aliphatic carbocycles. The number of hydrogen-bond acceptors (Lipinski definition) is 6. The van der Waals surface area contributed by atoms with Crippen molar-refractivity contribution in [3.63, 3.8) is 0 Å². The fourth-order valence-electron chi connectivity index (χ4n) is 4.06. The van der Waals surface area contributed by atoms with Crippen LogP contribution in [0.5, 0.6) is 5.75 Å². The highest BCUT2D eigenvalue weighted by molar-refractivity contribution is 7.89. The number of aliphatic hydroxyl groups is 1. The molecule has 2 rings (SSSR count). The number of likely N-dealkylation sites (N-methyl/N-ethyl adjacent to an activating group) is 1. The molecule has 8 nitrogen and oxygen atoms in total. The zero-order valence-electron chi connectivity index (χ0n) is 25.5. The molecule has 0 spiro atoms. The van der Waals surface area contributed by atoms with Gasteiger partial charge in [-0.2, -0.15) is 12.7 Å². The molecule has 9 heteroatoms. The number of benzene rings is 2. The summed E-state index contributed by atoms with van der Waals surface area (Å²) in [5.74, 6) is -0.101. The third-order valence-electron chi connectivity index (χ3n) is 6.21. The van der Waals surface area contributed by atoms with E-state index in [0.717, 1.165) is 11.0 Å². The zero-order chi connectivity index (χ0) is 30.3. The monoisotopic (exact) mass is 564 g/mol. The van der Waals surface area contributed by atoms with E-state index in [1.54, 1.807) is 30.3 Å². The van der Waals surface area contributed by atoms with Gasteiger partial charge in [0.25, 0.3) is 0 Å². The van der Waals surface area contributed by atoms with E-state index in [4.69, 9.17) is 9.29 Å². The van der Waals surface area contributed by atoms with Gasteiger partial charge in [-0.1, -0.05) is 91.8 Å². The predicted molar refractivity (Wildman–Crippen MR) is 157 cm³/mol. The number of carbonyl (C=O) groups excluding carboxylic acids is 1. The minimum atomic E-state index is -4.78. The highest BCUT2D eigenvalue weighted by Gasteiger charge is 2.33. The largest absolute Gasteiger partial charge is 0.529 e. The highest BCUT2D eigenvalue weighted by atomic mass is 32.2. The van der Waals surface area contributed by atoms with Crippen molar-refractivity contribution in [2.24, 2.45) is 0 Å². The second kappa shape index (κ2) is 14.1. The molecule has 0 unspecified atom stereocenters. The molecule has 0 heterocycles. The Kier molecular flexibility index (Phi) is 12.5. The van der Waals surface area contributed by atoms with Crippen LogP contribution in [0.15, 0.2) is 36.4 Å². The number of aliphatic hydroxyl groups excluding tert-OH is 1. The number of carboxylic acid groups (broad SMARTS) is 1. The Bertz CT molecular complexity index is 1150. The summed E-state index contributed by atoms with van der Waals surface area (Å²) in [7, 11) is 1.37. The predicted octanol–water partition coefficient (Wildman–Crippen LogP) is 5.34. The van der Waals surface area contributed by atoms with Gasteiger partial charge in [-0.25, -0.2) is 0 Å². The molecule has 0 saturated carbocycles. The lowest BCUT2D eigenvalue weighted by Gasteiger charge is -2.31. The molecule has 220 valence electrons. The van der Waals surface area contributed by atoms with Crippen molar-refractivity contribution in [1.82, 2.24) is 0 Å². The van der Waals surface area contributed by atoms with Crippen molar-refractivity contribution >= 4 is 22.1 Å². The third-order valence-corrected chi connectivity index (χ3v) is 7.37. The van der Waals surface area contributed by atoms with Crippen LogP contribution in [0, 0.1) is 0 Å². The maximum absolute atomic E-state index is 13.5. The lowest BCUT2D eigenvalue weighted by molar-refractivity contribution is -0.870. The quantitative estimate of drug-likeness (QED) is 0.391. The van der Waals surface area contributed by atoms with Crippen molar-refractivity contribution < 1.29 is 32.1 Å². The maximum Gasteiger partial charge on any atom is 0.415 e. The minimum absolute atomic E-state index is 0.0236. The van der Waals surface area contributed by atoms with Gasteiger partial charge in [0.15, 0.2) is 11.8 Å². The molecule has 39 heavy (non-hydrogen) atoms. The average molecular weight is 565 g/mol. The maximum atomic E-state index is 13.5. The second-order valence-corrected chi connectivity index (χ2v) is 13.4. The number of nitrogens with zero attached hydrogens (tertiary/aromatic N) is 2. The molecule has 1 N–H and O–H groups in total. The van der Waals surface area contributed by atoms with E-state index in [-0.39, 0.29) is 41.7 Å². The van der Waals surface area contributed by atoms with Crippen LogP contribution in [-0.4, -0.2) is 58.4 Å². The molecule has 0 radical (unpaired) electrons. The Labute approximate surface area is 236 Å². The summed E-state index contributed by atoms with van der Waals surface area (Å²) in [4.78, 5) is 12.3. The van der Waals surface area contributed by atoms with E-state index in [9.17, 15) is 18.3 Å². The SMILES string of the molecule is CC(C)c1cccc(C(C)C)c1OS(=O)(=O)N(C(=O)[O-])c1c(C(C)C)cccc1C(C)C.C[N+](C)(C)CCO. The average Bonchev–Trinajstić information content (AvgIpc) is 2.77. The topological polar surface area (TPSA) is 107 Å². The number of quaternary nitrogens is 1. The summed E-state index contributed by atoms with van der Waals surface area (Å²) in [5.41, 5.74) is 2.66. The van der Waals surface area contributed by atoms with Crippen molar-refractivity contribution in [2.75, 3.05) is 38.6 Å². The molecule has 2 aromatic carbocycles. The molecule has 0 aromatic heterocycles. The first kappa shape index (κ1) is 34.4. The van der Waals surface area contributed by atoms with Crippen molar-refractivity contribution in [3.8, 4) is 5.75 Å². The fraction of sp³-hybridized carbons (Fsp3) is 0.567. The third kappa shape index (κ3) is 9.51. The first-order valence-corrected chi connectivity index (χ1v) is 14.8. The van der Waals surface area contributed by atoms with E-state index in [1.165, 1.54) is 0 Å². The number of para-hydroxylation sites is 2. The first-order valence-electron chi connectivity index (χ1n) is 13.5. The molecule has 1 amide bonds. The number of carbonyl (C=O) groups is 1. The summed E-state index contributed by atoms with van der Waals surface area (Å²) >= 11 is 0. The van der Waals surface area contributed by atoms with Crippen LogP contribution in [0.2, 0.25) is 0 Å². The molecule has 0 fully saturated rings. The molecular formula is C30H48N2O6S. The lowest BCUT2D eigenvalue weighted by Crippen LogP contribution is -2.48. The van der Waals surface area contributed by atoms with Crippen LogP contribution in [0.3, 0.4) is 0 Å². The molecule has 2 aromatic rings. The zero-order valence-corrected chi connectivity index (χ0v) is 26.3. The van der Waals surface area contributed by atoms with E-state index in [2.05, 4.69) is 21.1 Å². The van der Waals surface area contributed by atoms with Crippen LogP contribution < -0.4 is 13.6 Å².